The molecule has 0 bridgehead atoms. The Labute approximate surface area is 143 Å². The SMILES string of the molecule is COCCN(C(=O)C(N)COC)c1ccc(OC)c(OC)c1.Cl. The predicted molar refractivity (Wildman–Crippen MR) is 90.9 cm³/mol. The first-order valence-corrected chi connectivity index (χ1v) is 6.85. The summed E-state index contributed by atoms with van der Waals surface area (Å²) in [6.07, 6.45) is 0. The van der Waals surface area contributed by atoms with Crippen LogP contribution in [0, 0.1) is 0 Å². The lowest BCUT2D eigenvalue weighted by atomic mass is 10.2. The molecule has 0 spiro atoms. The molecule has 2 N–H and O–H groups in total. The topological polar surface area (TPSA) is 83.3 Å². The molecule has 0 aromatic heterocycles. The summed E-state index contributed by atoms with van der Waals surface area (Å²) in [5.74, 6) is 0.883. The second-order valence-electron chi connectivity index (χ2n) is 4.58. The fraction of sp³-hybridized carbons (Fsp3) is 0.533. The van der Waals surface area contributed by atoms with Gasteiger partial charge >= 0.3 is 0 Å². The Hall–Kier alpha value is -1.54. The van der Waals surface area contributed by atoms with Gasteiger partial charge in [0.1, 0.15) is 6.04 Å². The van der Waals surface area contributed by atoms with Gasteiger partial charge in [-0.2, -0.15) is 0 Å². The van der Waals surface area contributed by atoms with Crippen molar-refractivity contribution in [2.75, 3.05) is 53.1 Å². The van der Waals surface area contributed by atoms with Crippen molar-refractivity contribution in [3.8, 4) is 11.5 Å². The summed E-state index contributed by atoms with van der Waals surface area (Å²) in [5.41, 5.74) is 6.51. The fourth-order valence-electron chi connectivity index (χ4n) is 1.99. The first-order chi connectivity index (χ1) is 10.6. The zero-order valence-electron chi connectivity index (χ0n) is 13.9. The summed E-state index contributed by atoms with van der Waals surface area (Å²) in [5, 5.41) is 0. The Kier molecular flexibility index (Phi) is 10.3. The number of halogens is 1. The van der Waals surface area contributed by atoms with E-state index in [1.54, 1.807) is 44.4 Å². The van der Waals surface area contributed by atoms with Crippen LogP contribution in [-0.4, -0.2) is 60.1 Å². The van der Waals surface area contributed by atoms with Crippen molar-refractivity contribution >= 4 is 24.0 Å². The molecule has 1 atom stereocenters. The van der Waals surface area contributed by atoms with Crippen LogP contribution in [0.15, 0.2) is 18.2 Å². The third-order valence-corrected chi connectivity index (χ3v) is 3.13. The van der Waals surface area contributed by atoms with E-state index in [0.717, 1.165) is 0 Å². The standard InChI is InChI=1S/C15H24N2O5.ClH/c1-19-8-7-17(15(18)12(16)10-20-2)11-5-6-13(21-3)14(9-11)22-4;/h5-6,9,12H,7-8,10,16H2,1-4H3;1H. The van der Waals surface area contributed by atoms with Crippen molar-refractivity contribution in [1.29, 1.82) is 0 Å². The molecule has 132 valence electrons. The van der Waals surface area contributed by atoms with Crippen LogP contribution in [0.4, 0.5) is 5.69 Å². The number of nitrogens with two attached hydrogens (primary N) is 1. The Morgan fingerprint density at radius 2 is 1.78 bits per heavy atom. The van der Waals surface area contributed by atoms with E-state index in [9.17, 15) is 4.79 Å². The second kappa shape index (κ2) is 11.1. The highest BCUT2D eigenvalue weighted by atomic mass is 35.5. The molecule has 0 aliphatic rings. The van der Waals surface area contributed by atoms with Crippen LogP contribution in [0.5, 0.6) is 11.5 Å². The molecule has 1 amide bonds. The molecule has 0 radical (unpaired) electrons. The molecule has 0 heterocycles. The monoisotopic (exact) mass is 348 g/mol. The van der Waals surface area contributed by atoms with Gasteiger partial charge in [-0.25, -0.2) is 0 Å². The van der Waals surface area contributed by atoms with Gasteiger partial charge < -0.3 is 29.6 Å². The first-order valence-electron chi connectivity index (χ1n) is 6.85. The number of methoxy groups -OCH3 is 4. The summed E-state index contributed by atoms with van der Waals surface area (Å²) in [6, 6.07) is 4.50. The molecule has 23 heavy (non-hydrogen) atoms. The van der Waals surface area contributed by atoms with E-state index in [1.807, 2.05) is 0 Å². The second-order valence-corrected chi connectivity index (χ2v) is 4.58. The van der Waals surface area contributed by atoms with Crippen LogP contribution in [0.25, 0.3) is 0 Å². The molecule has 1 rings (SSSR count). The number of hydrogen-bond acceptors (Lipinski definition) is 6. The highest BCUT2D eigenvalue weighted by Crippen LogP contribution is 2.31. The lowest BCUT2D eigenvalue weighted by Gasteiger charge is -2.26. The average molecular weight is 349 g/mol. The van der Waals surface area contributed by atoms with E-state index in [2.05, 4.69) is 0 Å². The van der Waals surface area contributed by atoms with Crippen molar-refractivity contribution in [2.45, 2.75) is 6.04 Å². The normalized spacial score (nSPS) is 11.3. The number of benzene rings is 1. The first kappa shape index (κ1) is 21.5. The number of carbonyl (C=O) groups is 1. The number of rotatable bonds is 9. The average Bonchev–Trinajstić information content (AvgIpc) is 2.54. The number of anilines is 1. The van der Waals surface area contributed by atoms with Crippen LogP contribution < -0.4 is 20.1 Å². The molecule has 0 saturated carbocycles. The lowest BCUT2D eigenvalue weighted by Crippen LogP contribution is -2.47. The van der Waals surface area contributed by atoms with Gasteiger partial charge in [0.15, 0.2) is 11.5 Å². The molecule has 1 aromatic carbocycles. The highest BCUT2D eigenvalue weighted by Gasteiger charge is 2.23. The summed E-state index contributed by atoms with van der Waals surface area (Å²) < 4.78 is 20.5. The summed E-state index contributed by atoms with van der Waals surface area (Å²) in [4.78, 5) is 14.0. The minimum absolute atomic E-state index is 0. The van der Waals surface area contributed by atoms with Crippen LogP contribution in [0.2, 0.25) is 0 Å². The molecule has 8 heteroatoms. The molecule has 1 unspecified atom stereocenters. The molecule has 0 aliphatic heterocycles. The zero-order valence-corrected chi connectivity index (χ0v) is 14.7. The quantitative estimate of drug-likeness (QED) is 0.719. The van der Waals surface area contributed by atoms with Crippen molar-refractivity contribution in [3.63, 3.8) is 0 Å². The van der Waals surface area contributed by atoms with Crippen LogP contribution in [0.3, 0.4) is 0 Å². The van der Waals surface area contributed by atoms with E-state index < -0.39 is 6.04 Å². The van der Waals surface area contributed by atoms with Crippen LogP contribution in [-0.2, 0) is 14.3 Å². The number of amides is 1. The van der Waals surface area contributed by atoms with Gasteiger partial charge in [0.25, 0.3) is 0 Å². The van der Waals surface area contributed by atoms with E-state index in [1.165, 1.54) is 7.11 Å². The largest absolute Gasteiger partial charge is 0.493 e. The maximum absolute atomic E-state index is 12.5. The number of hydrogen-bond donors (Lipinski definition) is 1. The molecule has 0 saturated heterocycles. The Morgan fingerprint density at radius 3 is 2.30 bits per heavy atom. The van der Waals surface area contributed by atoms with Crippen molar-refractivity contribution in [3.05, 3.63) is 18.2 Å². The molecule has 0 aliphatic carbocycles. The molecular formula is C15H25ClN2O5. The highest BCUT2D eigenvalue weighted by molar-refractivity contribution is 5.97. The molecule has 7 nitrogen and oxygen atoms in total. The number of nitrogens with zero attached hydrogens (tertiary/aromatic N) is 1. The van der Waals surface area contributed by atoms with Crippen molar-refractivity contribution in [1.82, 2.24) is 0 Å². The van der Waals surface area contributed by atoms with Gasteiger partial charge in [-0.1, -0.05) is 0 Å². The Bertz CT molecular complexity index is 487. The number of ether oxygens (including phenoxy) is 4. The fourth-order valence-corrected chi connectivity index (χ4v) is 1.99. The lowest BCUT2D eigenvalue weighted by molar-refractivity contribution is -0.121. The molecule has 1 aromatic rings. The molecule has 0 fully saturated rings. The molecular weight excluding hydrogens is 324 g/mol. The third kappa shape index (κ3) is 5.87. The van der Waals surface area contributed by atoms with E-state index in [0.29, 0.717) is 30.3 Å². The van der Waals surface area contributed by atoms with Crippen molar-refractivity contribution in [2.24, 2.45) is 5.73 Å². The van der Waals surface area contributed by atoms with Crippen LogP contribution in [0.1, 0.15) is 0 Å². The Balaban J connectivity index is 0.00000484. The van der Waals surface area contributed by atoms with E-state index >= 15 is 0 Å². The third-order valence-electron chi connectivity index (χ3n) is 3.13. The Morgan fingerprint density at radius 1 is 1.13 bits per heavy atom. The minimum atomic E-state index is -0.741. The van der Waals surface area contributed by atoms with Gasteiger partial charge in [0.05, 0.1) is 27.4 Å². The van der Waals surface area contributed by atoms with Gasteiger partial charge in [-0.15, -0.1) is 12.4 Å². The summed E-state index contributed by atoms with van der Waals surface area (Å²) in [6.45, 7) is 0.914. The number of carbonyl (C=O) groups excluding carboxylic acids is 1. The van der Waals surface area contributed by atoms with Gasteiger partial charge in [-0.05, 0) is 12.1 Å². The van der Waals surface area contributed by atoms with E-state index in [4.69, 9.17) is 24.7 Å². The minimum Gasteiger partial charge on any atom is -0.493 e. The van der Waals surface area contributed by atoms with Gasteiger partial charge in [0.2, 0.25) is 5.91 Å². The maximum Gasteiger partial charge on any atom is 0.246 e. The zero-order chi connectivity index (χ0) is 16.5. The van der Waals surface area contributed by atoms with Gasteiger partial charge in [0, 0.05) is 32.5 Å². The smallest absolute Gasteiger partial charge is 0.246 e. The predicted octanol–water partition coefficient (Wildman–Crippen LogP) is 1.08. The summed E-state index contributed by atoms with van der Waals surface area (Å²) >= 11 is 0. The van der Waals surface area contributed by atoms with Crippen molar-refractivity contribution < 1.29 is 23.7 Å². The maximum atomic E-state index is 12.5. The van der Waals surface area contributed by atoms with Gasteiger partial charge in [-0.3, -0.25) is 4.79 Å². The van der Waals surface area contributed by atoms with Crippen LogP contribution >= 0.6 is 12.4 Å². The van der Waals surface area contributed by atoms with E-state index in [-0.39, 0.29) is 24.9 Å². The summed E-state index contributed by atoms with van der Waals surface area (Å²) in [7, 11) is 6.18.